The molecular weight excluding hydrogens is 434 g/mol. The van der Waals surface area contributed by atoms with E-state index in [0.717, 1.165) is 5.56 Å². The number of carbonyl (C=O) groups excluding carboxylic acids is 3. The molecule has 0 saturated carbocycles. The summed E-state index contributed by atoms with van der Waals surface area (Å²) < 4.78 is 15.0. The zero-order chi connectivity index (χ0) is 23.3. The van der Waals surface area contributed by atoms with Gasteiger partial charge in [0.25, 0.3) is 0 Å². The third-order valence-corrected chi connectivity index (χ3v) is 5.29. The molecule has 0 N–H and O–H groups in total. The van der Waals surface area contributed by atoms with E-state index in [1.54, 1.807) is 30.3 Å². The third-order valence-electron chi connectivity index (χ3n) is 5.04. The van der Waals surface area contributed by atoms with Gasteiger partial charge in [0, 0.05) is 17.5 Å². The molecule has 0 spiro atoms. The summed E-state index contributed by atoms with van der Waals surface area (Å²) in [7, 11) is 3.68. The fourth-order valence-corrected chi connectivity index (χ4v) is 3.67. The molecule has 166 valence electrons. The molecule has 0 aliphatic carbocycles. The molecule has 0 saturated heterocycles. The van der Waals surface area contributed by atoms with E-state index in [2.05, 4.69) is 0 Å². The van der Waals surface area contributed by atoms with Crippen LogP contribution in [0.4, 0.5) is 0 Å². The van der Waals surface area contributed by atoms with Crippen molar-refractivity contribution in [3.05, 3.63) is 93.8 Å². The average molecular weight is 456 g/mol. The highest BCUT2D eigenvalue weighted by molar-refractivity contribution is 6.30. The van der Waals surface area contributed by atoms with Crippen LogP contribution in [0, 0.1) is 0 Å². The number of methoxy groups -OCH3 is 3. The molecule has 1 atom stereocenters. The third kappa shape index (κ3) is 4.68. The van der Waals surface area contributed by atoms with Gasteiger partial charge in [-0.2, -0.15) is 0 Å². The Bertz CT molecular complexity index is 1080. The van der Waals surface area contributed by atoms with Gasteiger partial charge in [0.2, 0.25) is 0 Å². The van der Waals surface area contributed by atoms with Gasteiger partial charge in [-0.1, -0.05) is 54.1 Å². The van der Waals surface area contributed by atoms with Gasteiger partial charge in [-0.05, 0) is 29.3 Å². The summed E-state index contributed by atoms with van der Waals surface area (Å²) in [5.41, 5.74) is 1.50. The van der Waals surface area contributed by atoms with Crippen molar-refractivity contribution in [2.75, 3.05) is 21.3 Å². The van der Waals surface area contributed by atoms with Gasteiger partial charge >= 0.3 is 17.9 Å². The van der Waals surface area contributed by atoms with Crippen molar-refractivity contribution < 1.29 is 28.6 Å². The molecule has 1 aliphatic heterocycles. The Hall–Kier alpha value is -3.58. The van der Waals surface area contributed by atoms with Crippen molar-refractivity contribution in [2.24, 2.45) is 0 Å². The number of allylic oxidation sites excluding steroid dienone is 1. The molecule has 1 unspecified atom stereocenters. The molecule has 1 aliphatic rings. The van der Waals surface area contributed by atoms with Crippen molar-refractivity contribution in [3.63, 3.8) is 0 Å². The van der Waals surface area contributed by atoms with Crippen LogP contribution >= 0.6 is 11.6 Å². The van der Waals surface area contributed by atoms with E-state index in [9.17, 15) is 14.4 Å². The number of halogens is 1. The van der Waals surface area contributed by atoms with Gasteiger partial charge in [-0.25, -0.2) is 14.4 Å². The number of nitrogens with zero attached hydrogens (tertiary/aromatic N) is 1. The minimum absolute atomic E-state index is 0.0465. The van der Waals surface area contributed by atoms with Gasteiger partial charge in [-0.3, -0.25) is 0 Å². The summed E-state index contributed by atoms with van der Waals surface area (Å²) in [6.45, 7) is 0.125. The van der Waals surface area contributed by atoms with Crippen molar-refractivity contribution in [1.82, 2.24) is 4.90 Å². The molecule has 8 heteroatoms. The van der Waals surface area contributed by atoms with Gasteiger partial charge in [0.05, 0.1) is 26.9 Å². The fourth-order valence-electron chi connectivity index (χ4n) is 3.54. The van der Waals surface area contributed by atoms with E-state index in [-0.39, 0.29) is 23.5 Å². The zero-order valence-electron chi connectivity index (χ0n) is 17.8. The topological polar surface area (TPSA) is 82.1 Å². The summed E-state index contributed by atoms with van der Waals surface area (Å²) in [5, 5.41) is 0.504. The molecule has 0 amide bonds. The Morgan fingerprint density at radius 2 is 1.44 bits per heavy atom. The van der Waals surface area contributed by atoms with Gasteiger partial charge in [-0.15, -0.1) is 0 Å². The van der Waals surface area contributed by atoms with Crippen molar-refractivity contribution in [3.8, 4) is 0 Å². The average Bonchev–Trinajstić information content (AvgIpc) is 2.83. The van der Waals surface area contributed by atoms with E-state index in [1.807, 2.05) is 30.3 Å². The highest BCUT2D eigenvalue weighted by Gasteiger charge is 2.40. The molecule has 0 fully saturated rings. The predicted octanol–water partition coefficient (Wildman–Crippen LogP) is 3.60. The molecule has 0 radical (unpaired) electrons. The number of rotatable bonds is 6. The number of esters is 3. The van der Waals surface area contributed by atoms with Gasteiger partial charge in [0.1, 0.15) is 11.4 Å². The first-order valence-corrected chi connectivity index (χ1v) is 10.1. The highest BCUT2D eigenvalue weighted by Crippen LogP contribution is 2.39. The SMILES string of the molecule is COC(=O)C1=CC(c2ccc(Cl)cc2)C(C(=O)OC)=C(C(=O)OC)N1Cc1ccccc1. The van der Waals surface area contributed by atoms with Crippen LogP contribution in [-0.4, -0.2) is 44.1 Å². The van der Waals surface area contributed by atoms with Crippen molar-refractivity contribution >= 4 is 29.5 Å². The van der Waals surface area contributed by atoms with Crippen molar-refractivity contribution in [2.45, 2.75) is 12.5 Å². The maximum Gasteiger partial charge on any atom is 0.355 e. The van der Waals surface area contributed by atoms with E-state index < -0.39 is 23.8 Å². The van der Waals surface area contributed by atoms with Crippen LogP contribution in [0.1, 0.15) is 17.0 Å². The van der Waals surface area contributed by atoms with Crippen LogP contribution in [0.15, 0.2) is 77.6 Å². The molecule has 3 rings (SSSR count). The molecule has 2 aromatic carbocycles. The Kier molecular flexibility index (Phi) is 7.33. The molecule has 0 aromatic heterocycles. The summed E-state index contributed by atoms with van der Waals surface area (Å²) in [6.07, 6.45) is 1.58. The lowest BCUT2D eigenvalue weighted by atomic mass is 9.85. The number of hydrogen-bond donors (Lipinski definition) is 0. The Morgan fingerprint density at radius 1 is 0.844 bits per heavy atom. The Balaban J connectivity index is 2.28. The normalized spacial score (nSPS) is 15.7. The standard InChI is InChI=1S/C24H22ClNO6/c1-30-22(27)19-13-18(16-9-11-17(25)12-10-16)20(23(28)31-2)21(24(29)32-3)26(19)14-15-7-5-4-6-8-15/h4-13,18H,14H2,1-3H3. The summed E-state index contributed by atoms with van der Waals surface area (Å²) in [5.74, 6) is -2.93. The van der Waals surface area contributed by atoms with Crippen LogP contribution in [-0.2, 0) is 35.1 Å². The lowest BCUT2D eigenvalue weighted by Gasteiger charge is -2.34. The smallest absolute Gasteiger partial charge is 0.355 e. The van der Waals surface area contributed by atoms with E-state index in [4.69, 9.17) is 25.8 Å². The lowest BCUT2D eigenvalue weighted by Crippen LogP contribution is -2.38. The van der Waals surface area contributed by atoms with Gasteiger partial charge in [0.15, 0.2) is 0 Å². The minimum atomic E-state index is -0.783. The molecule has 0 bridgehead atoms. The van der Waals surface area contributed by atoms with Crippen LogP contribution in [0.3, 0.4) is 0 Å². The summed E-state index contributed by atoms with van der Waals surface area (Å²) in [4.78, 5) is 40.0. The highest BCUT2D eigenvalue weighted by atomic mass is 35.5. The minimum Gasteiger partial charge on any atom is -0.466 e. The summed E-state index contributed by atoms with van der Waals surface area (Å²) in [6, 6.07) is 15.9. The predicted molar refractivity (Wildman–Crippen MR) is 117 cm³/mol. The second-order valence-corrected chi connectivity index (χ2v) is 7.33. The lowest BCUT2D eigenvalue weighted by molar-refractivity contribution is -0.142. The first-order valence-electron chi connectivity index (χ1n) is 9.69. The van der Waals surface area contributed by atoms with Crippen LogP contribution in [0.25, 0.3) is 0 Å². The maximum absolute atomic E-state index is 13.0. The second-order valence-electron chi connectivity index (χ2n) is 6.89. The molecule has 32 heavy (non-hydrogen) atoms. The van der Waals surface area contributed by atoms with Crippen LogP contribution in [0.2, 0.25) is 5.02 Å². The first-order chi connectivity index (χ1) is 15.4. The van der Waals surface area contributed by atoms with E-state index in [0.29, 0.717) is 10.6 Å². The van der Waals surface area contributed by atoms with E-state index >= 15 is 0 Å². The summed E-state index contributed by atoms with van der Waals surface area (Å²) >= 11 is 6.02. The molecular formula is C24H22ClNO6. The monoisotopic (exact) mass is 455 g/mol. The van der Waals surface area contributed by atoms with Gasteiger partial charge < -0.3 is 19.1 Å². The van der Waals surface area contributed by atoms with Crippen molar-refractivity contribution in [1.29, 1.82) is 0 Å². The number of hydrogen-bond acceptors (Lipinski definition) is 7. The fraction of sp³-hybridized carbons (Fsp3) is 0.208. The number of benzene rings is 2. The number of carbonyl (C=O) groups is 3. The Morgan fingerprint density at radius 3 is 2.00 bits per heavy atom. The van der Waals surface area contributed by atoms with E-state index in [1.165, 1.54) is 26.2 Å². The zero-order valence-corrected chi connectivity index (χ0v) is 18.6. The first kappa shape index (κ1) is 23.1. The van der Waals surface area contributed by atoms with Crippen LogP contribution in [0.5, 0.6) is 0 Å². The maximum atomic E-state index is 13.0. The van der Waals surface area contributed by atoms with Crippen LogP contribution < -0.4 is 0 Å². The molecule has 2 aromatic rings. The largest absolute Gasteiger partial charge is 0.466 e. The molecule has 1 heterocycles. The Labute approximate surface area is 190 Å². The quantitative estimate of drug-likeness (QED) is 0.486. The second kappa shape index (κ2) is 10.2. The number of ether oxygens (including phenoxy) is 3. The molecule has 7 nitrogen and oxygen atoms in total.